The molecule has 5 atom stereocenters. The summed E-state index contributed by atoms with van der Waals surface area (Å²) < 4.78 is 19.7. The molecule has 4 heterocycles. The number of nitrogens with zero attached hydrogens (tertiary/aromatic N) is 1. The Kier molecular flexibility index (Phi) is 4.60. The van der Waals surface area contributed by atoms with Crippen molar-refractivity contribution in [1.29, 1.82) is 0 Å². The average Bonchev–Trinajstić information content (AvgIpc) is 3.46. The Morgan fingerprint density at radius 1 is 1.29 bits per heavy atom. The van der Waals surface area contributed by atoms with Crippen molar-refractivity contribution in [1.82, 2.24) is 10.2 Å². The second-order valence-corrected chi connectivity index (χ2v) is 8.63. The van der Waals surface area contributed by atoms with Crippen LogP contribution >= 0.6 is 0 Å². The number of nitrogens with one attached hydrogen (secondary N) is 2. The molecule has 0 radical (unpaired) electrons. The third-order valence-corrected chi connectivity index (χ3v) is 6.88. The lowest BCUT2D eigenvalue weighted by Gasteiger charge is -2.30. The van der Waals surface area contributed by atoms with Gasteiger partial charge in [-0.1, -0.05) is 0 Å². The van der Waals surface area contributed by atoms with Crippen molar-refractivity contribution < 1.29 is 28.3 Å². The molecule has 4 aliphatic rings. The summed E-state index contributed by atoms with van der Waals surface area (Å²) in [7, 11) is 0. The SMILES string of the molecule is NC(=O)CC[C@@H]1N[C@@]2(C(=O)Nc3ccc(F)cc32)[C@H]2C(=O)N(C[C@H]3CCCO3)C(=O)[C@@H]12. The Balaban J connectivity index is 1.57. The molecule has 1 spiro atoms. The van der Waals surface area contributed by atoms with E-state index in [0.717, 1.165) is 12.8 Å². The maximum Gasteiger partial charge on any atom is 0.250 e. The summed E-state index contributed by atoms with van der Waals surface area (Å²) in [5, 5.41) is 5.86. The highest BCUT2D eigenvalue weighted by molar-refractivity contribution is 6.15. The van der Waals surface area contributed by atoms with Crippen LogP contribution in [-0.4, -0.2) is 53.8 Å². The van der Waals surface area contributed by atoms with Gasteiger partial charge < -0.3 is 15.8 Å². The topological polar surface area (TPSA) is 131 Å². The number of halogens is 1. The fourth-order valence-corrected chi connectivity index (χ4v) is 5.55. The van der Waals surface area contributed by atoms with E-state index in [1.165, 1.54) is 23.1 Å². The smallest absolute Gasteiger partial charge is 0.250 e. The molecule has 0 unspecified atom stereocenters. The number of rotatable bonds is 5. The maximum atomic E-state index is 14.1. The Morgan fingerprint density at radius 3 is 2.81 bits per heavy atom. The molecule has 4 aliphatic heterocycles. The van der Waals surface area contributed by atoms with Crippen LogP contribution in [0.1, 0.15) is 31.2 Å². The van der Waals surface area contributed by atoms with Crippen molar-refractivity contribution in [3.05, 3.63) is 29.6 Å². The van der Waals surface area contributed by atoms with E-state index in [0.29, 0.717) is 17.9 Å². The van der Waals surface area contributed by atoms with Crippen molar-refractivity contribution in [3.8, 4) is 0 Å². The van der Waals surface area contributed by atoms with Gasteiger partial charge >= 0.3 is 0 Å². The minimum atomic E-state index is -1.58. The lowest BCUT2D eigenvalue weighted by molar-refractivity contribution is -0.144. The summed E-state index contributed by atoms with van der Waals surface area (Å²) in [6, 6.07) is 3.24. The number of carbonyl (C=O) groups excluding carboxylic acids is 4. The van der Waals surface area contributed by atoms with Crippen LogP contribution in [0.5, 0.6) is 0 Å². The van der Waals surface area contributed by atoms with E-state index in [1.54, 1.807) is 0 Å². The number of carbonyl (C=O) groups is 4. The van der Waals surface area contributed by atoms with Crippen molar-refractivity contribution in [2.24, 2.45) is 17.6 Å². The number of anilines is 1. The number of nitrogens with two attached hydrogens (primary N) is 1. The number of fused-ring (bicyclic) bond motifs is 4. The van der Waals surface area contributed by atoms with Crippen molar-refractivity contribution in [3.63, 3.8) is 0 Å². The molecule has 4 amide bonds. The van der Waals surface area contributed by atoms with Gasteiger partial charge in [0.05, 0.1) is 24.5 Å². The van der Waals surface area contributed by atoms with Gasteiger partial charge in [-0.05, 0) is 37.5 Å². The molecule has 31 heavy (non-hydrogen) atoms. The van der Waals surface area contributed by atoms with Gasteiger partial charge in [0.1, 0.15) is 11.4 Å². The number of benzene rings is 1. The van der Waals surface area contributed by atoms with E-state index in [2.05, 4.69) is 10.6 Å². The third kappa shape index (κ3) is 2.89. The third-order valence-electron chi connectivity index (χ3n) is 6.88. The molecular formula is C21H23FN4O5. The summed E-state index contributed by atoms with van der Waals surface area (Å²) >= 11 is 0. The number of primary amides is 1. The number of amides is 4. The Hall–Kier alpha value is -2.85. The van der Waals surface area contributed by atoms with Crippen molar-refractivity contribution in [2.75, 3.05) is 18.5 Å². The fraction of sp³-hybridized carbons (Fsp3) is 0.524. The second kappa shape index (κ2) is 7.10. The molecule has 10 heteroatoms. The van der Waals surface area contributed by atoms with E-state index in [-0.39, 0.29) is 25.5 Å². The highest BCUT2D eigenvalue weighted by Gasteiger charge is 2.70. The first-order chi connectivity index (χ1) is 14.8. The largest absolute Gasteiger partial charge is 0.376 e. The van der Waals surface area contributed by atoms with E-state index in [9.17, 15) is 23.6 Å². The molecule has 0 bridgehead atoms. The predicted octanol–water partition coefficient (Wildman–Crippen LogP) is -0.00940. The van der Waals surface area contributed by atoms with E-state index in [1.807, 2.05) is 0 Å². The van der Waals surface area contributed by atoms with Gasteiger partial charge in [0.25, 0.3) is 0 Å². The molecule has 1 aromatic rings. The fourth-order valence-electron chi connectivity index (χ4n) is 5.55. The standard InChI is InChI=1S/C21H23FN4O5/c22-10-3-4-13-12(8-10)21(20(30)24-13)17-16(14(25-21)5-6-15(23)27)18(28)26(19(17)29)9-11-2-1-7-31-11/h3-4,8,11,14,16-17,25H,1-2,5-7,9H2,(H2,23,27)(H,24,30)/t11-,14+,16+,17-,21-/m1/s1. The quantitative estimate of drug-likeness (QED) is 0.563. The summed E-state index contributed by atoms with van der Waals surface area (Å²) in [4.78, 5) is 52.6. The highest BCUT2D eigenvalue weighted by atomic mass is 19.1. The molecule has 0 aliphatic carbocycles. The minimum Gasteiger partial charge on any atom is -0.376 e. The lowest BCUT2D eigenvalue weighted by atomic mass is 9.76. The molecule has 3 saturated heterocycles. The van der Waals surface area contributed by atoms with Crippen LogP contribution in [-0.2, 0) is 29.5 Å². The zero-order valence-corrected chi connectivity index (χ0v) is 16.7. The molecule has 1 aromatic carbocycles. The zero-order valence-electron chi connectivity index (χ0n) is 16.7. The molecular weight excluding hydrogens is 407 g/mol. The summed E-state index contributed by atoms with van der Waals surface area (Å²) in [6.07, 6.45) is 1.54. The van der Waals surface area contributed by atoms with E-state index >= 15 is 0 Å². The molecule has 9 nitrogen and oxygen atoms in total. The van der Waals surface area contributed by atoms with Gasteiger partial charge in [-0.3, -0.25) is 29.4 Å². The van der Waals surface area contributed by atoms with Gasteiger partial charge in [-0.25, -0.2) is 4.39 Å². The van der Waals surface area contributed by atoms with Crippen molar-refractivity contribution >= 4 is 29.3 Å². The first-order valence-electron chi connectivity index (χ1n) is 10.5. The lowest BCUT2D eigenvalue weighted by Crippen LogP contribution is -2.53. The van der Waals surface area contributed by atoms with Gasteiger partial charge in [0.15, 0.2) is 0 Å². The molecule has 0 saturated carbocycles. The normalized spacial score (nSPS) is 33.8. The van der Waals surface area contributed by atoms with Gasteiger partial charge in [-0.2, -0.15) is 0 Å². The first-order valence-corrected chi connectivity index (χ1v) is 10.5. The number of imide groups is 1. The predicted molar refractivity (Wildman–Crippen MR) is 105 cm³/mol. The number of hydrogen-bond acceptors (Lipinski definition) is 6. The molecule has 0 aromatic heterocycles. The highest BCUT2D eigenvalue weighted by Crippen LogP contribution is 2.53. The number of hydrogen-bond donors (Lipinski definition) is 3. The summed E-state index contributed by atoms with van der Waals surface area (Å²) in [5.41, 5.74) is 4.41. The monoisotopic (exact) mass is 430 g/mol. The van der Waals surface area contributed by atoms with Gasteiger partial charge in [-0.15, -0.1) is 0 Å². The molecule has 4 N–H and O–H groups in total. The van der Waals surface area contributed by atoms with Crippen LogP contribution in [0.4, 0.5) is 10.1 Å². The number of ether oxygens (including phenoxy) is 1. The Morgan fingerprint density at radius 2 is 2.10 bits per heavy atom. The van der Waals surface area contributed by atoms with Crippen LogP contribution in [0.15, 0.2) is 18.2 Å². The summed E-state index contributed by atoms with van der Waals surface area (Å²) in [5.74, 6) is -4.38. The van der Waals surface area contributed by atoms with E-state index < -0.39 is 52.9 Å². The second-order valence-electron chi connectivity index (χ2n) is 8.63. The first kappa shape index (κ1) is 20.1. The Bertz CT molecular complexity index is 994. The van der Waals surface area contributed by atoms with Crippen LogP contribution in [0, 0.1) is 17.7 Å². The van der Waals surface area contributed by atoms with E-state index in [4.69, 9.17) is 10.5 Å². The van der Waals surface area contributed by atoms with Crippen LogP contribution in [0.2, 0.25) is 0 Å². The van der Waals surface area contributed by atoms with Gasteiger partial charge in [0.2, 0.25) is 23.6 Å². The number of likely N-dealkylation sites (tertiary alicyclic amines) is 1. The maximum absolute atomic E-state index is 14.1. The van der Waals surface area contributed by atoms with Crippen LogP contribution in [0.25, 0.3) is 0 Å². The summed E-state index contributed by atoms with van der Waals surface area (Å²) in [6.45, 7) is 0.705. The average molecular weight is 430 g/mol. The van der Waals surface area contributed by atoms with Crippen LogP contribution in [0.3, 0.4) is 0 Å². The Labute approximate surface area is 177 Å². The minimum absolute atomic E-state index is 0.0121. The molecule has 164 valence electrons. The molecule has 3 fully saturated rings. The molecule has 5 rings (SSSR count). The zero-order chi connectivity index (χ0) is 21.9. The van der Waals surface area contributed by atoms with Crippen molar-refractivity contribution in [2.45, 2.75) is 43.4 Å². The van der Waals surface area contributed by atoms with Gasteiger partial charge in [0, 0.05) is 30.3 Å². The van der Waals surface area contributed by atoms with Crippen LogP contribution < -0.4 is 16.4 Å².